The molecule has 10 rings (SSSR count). The van der Waals surface area contributed by atoms with Crippen molar-refractivity contribution in [3.8, 4) is 67.6 Å². The van der Waals surface area contributed by atoms with E-state index < -0.39 is 0 Å². The van der Waals surface area contributed by atoms with Crippen molar-refractivity contribution in [3.05, 3.63) is 188 Å². The average Bonchev–Trinajstić information content (AvgIpc) is 3.77. The van der Waals surface area contributed by atoms with Gasteiger partial charge in [-0.1, -0.05) is 108 Å². The molecule has 55 heavy (non-hydrogen) atoms. The Balaban J connectivity index is 0.00000397. The van der Waals surface area contributed by atoms with E-state index in [4.69, 9.17) is 9.97 Å². The van der Waals surface area contributed by atoms with Gasteiger partial charge in [-0.05, 0) is 83.8 Å². The molecular formula is C49H33N4OPt-. The third-order valence-corrected chi connectivity index (χ3v) is 10.3. The largest absolute Gasteiger partial charge is 0.507 e. The monoisotopic (exact) mass is 888 g/mol. The van der Waals surface area contributed by atoms with Gasteiger partial charge in [-0.25, -0.2) is 0 Å². The van der Waals surface area contributed by atoms with Gasteiger partial charge in [0, 0.05) is 66.4 Å². The summed E-state index contributed by atoms with van der Waals surface area (Å²) in [4.78, 5) is 10.3. The number of phenols is 1. The number of phenolic OH excluding ortho intramolecular Hbond substituents is 1. The third kappa shape index (κ3) is 5.94. The Morgan fingerprint density at radius 3 is 2.11 bits per heavy atom. The molecule has 266 valence electrons. The zero-order chi connectivity index (χ0) is 36.2. The maximum Gasteiger partial charge on any atom is 0.129 e. The Kier molecular flexibility index (Phi) is 8.73. The predicted octanol–water partition coefficient (Wildman–Crippen LogP) is 12.0. The minimum Gasteiger partial charge on any atom is -0.507 e. The summed E-state index contributed by atoms with van der Waals surface area (Å²) in [6, 6.07) is 61.7. The van der Waals surface area contributed by atoms with Crippen molar-refractivity contribution in [3.63, 3.8) is 0 Å². The quantitative estimate of drug-likeness (QED) is 0.169. The minimum atomic E-state index is 0. The number of para-hydroxylation sites is 3. The first-order valence-corrected chi connectivity index (χ1v) is 18.1. The molecular weight excluding hydrogens is 856 g/mol. The Labute approximate surface area is 333 Å². The molecule has 0 aliphatic heterocycles. The molecule has 10 aromatic rings. The van der Waals surface area contributed by atoms with Crippen LogP contribution in [0, 0.1) is 13.0 Å². The number of imidazole rings is 1. The van der Waals surface area contributed by atoms with E-state index in [1.54, 1.807) is 6.07 Å². The molecule has 0 saturated heterocycles. The SMILES string of the molecule is Cc1ccccc1-c1cc(-c2[c-]c(-c3nc4ccccn4c3-c3ccc4c5ccccc5n(-c5ccccc5)c4c3)ccc2)nc(-c2ccccc2O)c1.[Pt]. The molecule has 1 N–H and O–H groups in total. The van der Waals surface area contributed by atoms with Crippen molar-refractivity contribution in [2.75, 3.05) is 0 Å². The minimum absolute atomic E-state index is 0. The van der Waals surface area contributed by atoms with Crippen LogP contribution < -0.4 is 0 Å². The molecule has 0 bridgehead atoms. The normalized spacial score (nSPS) is 11.3. The average molecular weight is 889 g/mol. The summed E-state index contributed by atoms with van der Waals surface area (Å²) >= 11 is 0. The van der Waals surface area contributed by atoms with Crippen LogP contribution in [0.1, 0.15) is 5.56 Å². The molecule has 0 spiro atoms. The van der Waals surface area contributed by atoms with Crippen molar-refractivity contribution < 1.29 is 26.2 Å². The van der Waals surface area contributed by atoms with Crippen LogP contribution in [0.2, 0.25) is 0 Å². The van der Waals surface area contributed by atoms with Crippen LogP contribution in [0.4, 0.5) is 0 Å². The maximum absolute atomic E-state index is 10.9. The summed E-state index contributed by atoms with van der Waals surface area (Å²) in [5, 5.41) is 13.3. The molecule has 4 heterocycles. The standard InChI is InChI=1S/C49H33N4O.Pt/c1-32-14-5-6-19-38(32)36-29-42(50-43(30-36)41-21-8-10-23-46(41)54)33-15-13-16-34(28-33)48-49(52-27-12-11-24-47(52)51-48)35-25-26-40-39-20-7-9-22-44(39)53(45(40)31-35)37-17-3-2-4-18-37;/h2-27,29-31,54H,1H3;/q-1;. The van der Waals surface area contributed by atoms with E-state index in [-0.39, 0.29) is 26.8 Å². The smallest absolute Gasteiger partial charge is 0.129 e. The maximum atomic E-state index is 10.9. The number of benzene rings is 6. The first-order chi connectivity index (χ1) is 26.6. The number of pyridine rings is 2. The van der Waals surface area contributed by atoms with Crippen LogP contribution in [-0.4, -0.2) is 24.0 Å². The number of aromatic hydroxyl groups is 1. The van der Waals surface area contributed by atoms with Crippen LogP contribution >= 0.6 is 0 Å². The number of hydrogen-bond donors (Lipinski definition) is 1. The van der Waals surface area contributed by atoms with Gasteiger partial charge in [-0.2, -0.15) is 0 Å². The zero-order valence-corrected chi connectivity index (χ0v) is 32.1. The summed E-state index contributed by atoms with van der Waals surface area (Å²) in [5.74, 6) is 0.188. The first kappa shape index (κ1) is 34.2. The summed E-state index contributed by atoms with van der Waals surface area (Å²) < 4.78 is 4.51. The van der Waals surface area contributed by atoms with E-state index in [2.05, 4.69) is 137 Å². The number of fused-ring (bicyclic) bond motifs is 4. The zero-order valence-electron chi connectivity index (χ0n) is 29.8. The van der Waals surface area contributed by atoms with E-state index >= 15 is 0 Å². The number of rotatable bonds is 6. The molecule has 0 aliphatic rings. The van der Waals surface area contributed by atoms with Gasteiger partial charge in [0.05, 0.1) is 16.7 Å². The van der Waals surface area contributed by atoms with Crippen molar-refractivity contribution >= 4 is 27.5 Å². The summed E-state index contributed by atoms with van der Waals surface area (Å²) in [6.45, 7) is 2.11. The van der Waals surface area contributed by atoms with Gasteiger partial charge in [0.15, 0.2) is 0 Å². The van der Waals surface area contributed by atoms with E-state index in [0.29, 0.717) is 11.3 Å². The van der Waals surface area contributed by atoms with Crippen LogP contribution in [0.3, 0.4) is 0 Å². The second-order valence-corrected chi connectivity index (χ2v) is 13.6. The molecule has 0 atom stereocenters. The first-order valence-electron chi connectivity index (χ1n) is 18.1. The second-order valence-electron chi connectivity index (χ2n) is 13.6. The Morgan fingerprint density at radius 1 is 0.545 bits per heavy atom. The molecule has 0 unspecified atom stereocenters. The van der Waals surface area contributed by atoms with E-state index in [0.717, 1.165) is 67.3 Å². The second kappa shape index (κ2) is 14.0. The molecule has 5 nitrogen and oxygen atoms in total. The topological polar surface area (TPSA) is 55.4 Å². The van der Waals surface area contributed by atoms with Crippen LogP contribution in [-0.2, 0) is 21.1 Å². The molecule has 0 saturated carbocycles. The fraction of sp³-hybridized carbons (Fsp3) is 0.0204. The van der Waals surface area contributed by atoms with Gasteiger partial charge < -0.3 is 14.1 Å². The molecule has 6 heteroatoms. The van der Waals surface area contributed by atoms with Gasteiger partial charge in [-0.3, -0.25) is 9.97 Å². The Hall–Kier alpha value is -6.55. The van der Waals surface area contributed by atoms with E-state index in [1.807, 2.05) is 54.6 Å². The van der Waals surface area contributed by atoms with Crippen molar-refractivity contribution in [2.24, 2.45) is 0 Å². The summed E-state index contributed by atoms with van der Waals surface area (Å²) in [6.07, 6.45) is 2.08. The number of aryl methyl sites for hydroxylation is 1. The van der Waals surface area contributed by atoms with E-state index in [9.17, 15) is 5.11 Å². The van der Waals surface area contributed by atoms with Crippen molar-refractivity contribution in [2.45, 2.75) is 6.92 Å². The van der Waals surface area contributed by atoms with E-state index in [1.165, 1.54) is 16.3 Å². The fourth-order valence-electron chi connectivity index (χ4n) is 7.74. The number of hydrogen-bond acceptors (Lipinski definition) is 3. The molecule has 0 radical (unpaired) electrons. The molecule has 0 aliphatic carbocycles. The Bertz CT molecular complexity index is 2970. The summed E-state index contributed by atoms with van der Waals surface area (Å²) in [5.41, 5.74) is 14.3. The van der Waals surface area contributed by atoms with Gasteiger partial charge in [0.1, 0.15) is 11.4 Å². The number of nitrogens with zero attached hydrogens (tertiary/aromatic N) is 4. The summed E-state index contributed by atoms with van der Waals surface area (Å²) in [7, 11) is 0. The van der Waals surface area contributed by atoms with Crippen molar-refractivity contribution in [1.29, 1.82) is 0 Å². The van der Waals surface area contributed by atoms with Crippen LogP contribution in [0.15, 0.2) is 176 Å². The predicted molar refractivity (Wildman–Crippen MR) is 220 cm³/mol. The molecule has 0 amide bonds. The molecule has 6 aromatic carbocycles. The van der Waals surface area contributed by atoms with Crippen molar-refractivity contribution in [1.82, 2.24) is 18.9 Å². The van der Waals surface area contributed by atoms with Crippen LogP contribution in [0.5, 0.6) is 5.75 Å². The van der Waals surface area contributed by atoms with Crippen LogP contribution in [0.25, 0.3) is 89.3 Å². The van der Waals surface area contributed by atoms with Gasteiger partial charge in [0.25, 0.3) is 0 Å². The van der Waals surface area contributed by atoms with Gasteiger partial charge in [0.2, 0.25) is 0 Å². The number of aromatic nitrogens is 4. The molecule has 0 fully saturated rings. The fourth-order valence-corrected chi connectivity index (χ4v) is 7.74. The van der Waals surface area contributed by atoms with Gasteiger partial charge >= 0.3 is 0 Å². The molecule has 4 aromatic heterocycles. The van der Waals surface area contributed by atoms with Gasteiger partial charge in [-0.15, -0.1) is 24.3 Å². The Morgan fingerprint density at radius 2 is 1.25 bits per heavy atom. The third-order valence-electron chi connectivity index (χ3n) is 10.3.